The van der Waals surface area contributed by atoms with Gasteiger partial charge in [-0.15, -0.1) is 10.2 Å². The zero-order valence-corrected chi connectivity index (χ0v) is 12.3. The lowest BCUT2D eigenvalue weighted by atomic mass is 10.1. The molecule has 4 heteroatoms. The summed E-state index contributed by atoms with van der Waals surface area (Å²) in [6.07, 6.45) is 3.06. The van der Waals surface area contributed by atoms with Crippen LogP contribution in [0, 0.1) is 6.92 Å². The predicted octanol–water partition coefficient (Wildman–Crippen LogP) is 2.43. The lowest BCUT2D eigenvalue weighted by molar-refractivity contribution is 0.400. The molecule has 0 saturated heterocycles. The minimum atomic E-state index is 0.365. The summed E-state index contributed by atoms with van der Waals surface area (Å²) in [5.74, 6) is 2.24. The summed E-state index contributed by atoms with van der Waals surface area (Å²) in [5, 5.41) is 12.3. The molecule has 0 aliphatic carbocycles. The van der Waals surface area contributed by atoms with E-state index in [9.17, 15) is 0 Å². The quantitative estimate of drug-likeness (QED) is 0.928. The molecule has 106 valence electrons. The summed E-state index contributed by atoms with van der Waals surface area (Å²) in [6.45, 7) is 6.33. The Morgan fingerprint density at radius 3 is 3.00 bits per heavy atom. The maximum atomic E-state index is 4.41. The Hall–Kier alpha value is -1.68. The standard InChI is InChI=1S/C16H22N4/c1-3-14-16-19-18-15(20(16)10-9-17-14)8-7-13-6-4-5-12(2)11-13/h4-6,11,14,17H,3,7-10H2,1-2H3. The summed E-state index contributed by atoms with van der Waals surface area (Å²) in [6, 6.07) is 9.07. The van der Waals surface area contributed by atoms with Crippen molar-refractivity contribution >= 4 is 0 Å². The van der Waals surface area contributed by atoms with Crippen molar-refractivity contribution in [3.05, 3.63) is 47.0 Å². The molecule has 1 N–H and O–H groups in total. The number of hydrogen-bond acceptors (Lipinski definition) is 3. The van der Waals surface area contributed by atoms with Crippen LogP contribution < -0.4 is 5.32 Å². The molecule has 1 atom stereocenters. The minimum absolute atomic E-state index is 0.365. The molecule has 0 radical (unpaired) electrons. The molecule has 1 aliphatic heterocycles. The van der Waals surface area contributed by atoms with E-state index in [2.05, 4.69) is 58.2 Å². The zero-order valence-electron chi connectivity index (χ0n) is 12.3. The van der Waals surface area contributed by atoms with Crippen LogP contribution in [-0.2, 0) is 19.4 Å². The molecular weight excluding hydrogens is 248 g/mol. The van der Waals surface area contributed by atoms with Crippen molar-refractivity contribution in [2.24, 2.45) is 0 Å². The predicted molar refractivity (Wildman–Crippen MR) is 79.6 cm³/mol. The van der Waals surface area contributed by atoms with Crippen LogP contribution in [0.25, 0.3) is 0 Å². The average molecular weight is 270 g/mol. The summed E-state index contributed by atoms with van der Waals surface area (Å²) < 4.78 is 2.31. The molecule has 1 aromatic carbocycles. The fourth-order valence-electron chi connectivity index (χ4n) is 2.93. The van der Waals surface area contributed by atoms with E-state index >= 15 is 0 Å². The Morgan fingerprint density at radius 2 is 2.20 bits per heavy atom. The van der Waals surface area contributed by atoms with Crippen LogP contribution in [-0.4, -0.2) is 21.3 Å². The Balaban J connectivity index is 1.74. The van der Waals surface area contributed by atoms with Gasteiger partial charge < -0.3 is 9.88 Å². The molecule has 0 saturated carbocycles. The van der Waals surface area contributed by atoms with Crippen LogP contribution in [0.15, 0.2) is 24.3 Å². The lowest BCUT2D eigenvalue weighted by Gasteiger charge is -2.24. The van der Waals surface area contributed by atoms with Gasteiger partial charge in [-0.3, -0.25) is 0 Å². The molecule has 0 bridgehead atoms. The largest absolute Gasteiger partial charge is 0.312 e. The number of fused-ring (bicyclic) bond motifs is 1. The average Bonchev–Trinajstić information content (AvgIpc) is 2.88. The van der Waals surface area contributed by atoms with Crippen molar-refractivity contribution in [2.45, 2.75) is 45.7 Å². The first-order valence-electron chi connectivity index (χ1n) is 7.49. The van der Waals surface area contributed by atoms with E-state index in [4.69, 9.17) is 0 Å². The van der Waals surface area contributed by atoms with E-state index in [0.29, 0.717) is 6.04 Å². The van der Waals surface area contributed by atoms with Crippen LogP contribution >= 0.6 is 0 Å². The highest BCUT2D eigenvalue weighted by Gasteiger charge is 2.22. The highest BCUT2D eigenvalue weighted by Crippen LogP contribution is 2.20. The van der Waals surface area contributed by atoms with Crippen molar-refractivity contribution in [1.29, 1.82) is 0 Å². The minimum Gasteiger partial charge on any atom is -0.312 e. The number of hydrogen-bond donors (Lipinski definition) is 1. The van der Waals surface area contributed by atoms with Gasteiger partial charge in [0.1, 0.15) is 11.6 Å². The van der Waals surface area contributed by atoms with E-state index in [1.807, 2.05) is 0 Å². The maximum Gasteiger partial charge on any atom is 0.150 e. The molecule has 3 rings (SSSR count). The number of nitrogens with one attached hydrogen (secondary N) is 1. The van der Waals surface area contributed by atoms with E-state index < -0.39 is 0 Å². The van der Waals surface area contributed by atoms with Gasteiger partial charge in [-0.25, -0.2) is 0 Å². The number of rotatable bonds is 4. The third kappa shape index (κ3) is 2.61. The van der Waals surface area contributed by atoms with Crippen LogP contribution in [0.5, 0.6) is 0 Å². The van der Waals surface area contributed by atoms with Gasteiger partial charge in [0, 0.05) is 19.5 Å². The first kappa shape index (κ1) is 13.3. The molecule has 0 spiro atoms. The van der Waals surface area contributed by atoms with Gasteiger partial charge in [0.2, 0.25) is 0 Å². The number of benzene rings is 1. The van der Waals surface area contributed by atoms with Crippen LogP contribution in [0.3, 0.4) is 0 Å². The van der Waals surface area contributed by atoms with Crippen molar-refractivity contribution in [3.8, 4) is 0 Å². The van der Waals surface area contributed by atoms with Crippen molar-refractivity contribution in [1.82, 2.24) is 20.1 Å². The normalized spacial score (nSPS) is 18.0. The molecule has 2 aromatic rings. The highest BCUT2D eigenvalue weighted by atomic mass is 15.3. The third-order valence-corrected chi connectivity index (χ3v) is 4.02. The number of aryl methyl sites for hydroxylation is 3. The monoisotopic (exact) mass is 270 g/mol. The lowest BCUT2D eigenvalue weighted by Crippen LogP contribution is -2.34. The second-order valence-electron chi connectivity index (χ2n) is 5.53. The molecule has 1 aromatic heterocycles. The van der Waals surface area contributed by atoms with Gasteiger partial charge in [0.05, 0.1) is 6.04 Å². The SMILES string of the molecule is CCC1NCCn2c(CCc3cccc(C)c3)nnc21. The molecule has 2 heterocycles. The van der Waals surface area contributed by atoms with Gasteiger partial charge in [-0.1, -0.05) is 36.8 Å². The summed E-state index contributed by atoms with van der Waals surface area (Å²) in [4.78, 5) is 0. The van der Waals surface area contributed by atoms with E-state index in [-0.39, 0.29) is 0 Å². The summed E-state index contributed by atoms with van der Waals surface area (Å²) >= 11 is 0. The first-order chi connectivity index (χ1) is 9.78. The van der Waals surface area contributed by atoms with E-state index in [1.54, 1.807) is 0 Å². The van der Waals surface area contributed by atoms with E-state index in [1.165, 1.54) is 11.1 Å². The molecule has 0 amide bonds. The van der Waals surface area contributed by atoms with Gasteiger partial charge >= 0.3 is 0 Å². The Labute approximate surface area is 120 Å². The fraction of sp³-hybridized carbons (Fsp3) is 0.500. The molecule has 0 fully saturated rings. The fourth-order valence-corrected chi connectivity index (χ4v) is 2.93. The van der Waals surface area contributed by atoms with Crippen LogP contribution in [0.1, 0.15) is 42.2 Å². The summed E-state index contributed by atoms with van der Waals surface area (Å²) in [7, 11) is 0. The number of aromatic nitrogens is 3. The smallest absolute Gasteiger partial charge is 0.150 e. The molecule has 1 unspecified atom stereocenters. The van der Waals surface area contributed by atoms with Crippen molar-refractivity contribution in [3.63, 3.8) is 0 Å². The maximum absolute atomic E-state index is 4.41. The first-order valence-corrected chi connectivity index (χ1v) is 7.49. The molecule has 20 heavy (non-hydrogen) atoms. The highest BCUT2D eigenvalue weighted by molar-refractivity contribution is 5.22. The molecule has 1 aliphatic rings. The molecular formula is C16H22N4. The number of nitrogens with zero attached hydrogens (tertiary/aromatic N) is 3. The summed E-state index contributed by atoms with van der Waals surface area (Å²) in [5.41, 5.74) is 2.70. The van der Waals surface area contributed by atoms with E-state index in [0.717, 1.165) is 44.0 Å². The van der Waals surface area contributed by atoms with Gasteiger partial charge in [-0.05, 0) is 25.3 Å². The van der Waals surface area contributed by atoms with Gasteiger partial charge in [-0.2, -0.15) is 0 Å². The van der Waals surface area contributed by atoms with Gasteiger partial charge in [0.25, 0.3) is 0 Å². The van der Waals surface area contributed by atoms with Crippen LogP contribution in [0.2, 0.25) is 0 Å². The zero-order chi connectivity index (χ0) is 13.9. The Kier molecular flexibility index (Phi) is 3.83. The third-order valence-electron chi connectivity index (χ3n) is 4.02. The topological polar surface area (TPSA) is 42.7 Å². The van der Waals surface area contributed by atoms with Crippen molar-refractivity contribution < 1.29 is 0 Å². The second kappa shape index (κ2) is 5.75. The van der Waals surface area contributed by atoms with Gasteiger partial charge in [0.15, 0.2) is 0 Å². The Bertz CT molecular complexity index is 588. The second-order valence-corrected chi connectivity index (χ2v) is 5.53. The Morgan fingerprint density at radius 1 is 1.30 bits per heavy atom. The van der Waals surface area contributed by atoms with Crippen LogP contribution in [0.4, 0.5) is 0 Å². The molecule has 4 nitrogen and oxygen atoms in total. The van der Waals surface area contributed by atoms with Crippen molar-refractivity contribution in [2.75, 3.05) is 6.54 Å².